The molecule has 0 bridgehead atoms. The van der Waals surface area contributed by atoms with Crippen LogP contribution in [0.25, 0.3) is 0 Å². The van der Waals surface area contributed by atoms with Gasteiger partial charge in [0.05, 0.1) is 0 Å². The lowest BCUT2D eigenvalue weighted by molar-refractivity contribution is 0.248. The van der Waals surface area contributed by atoms with Gasteiger partial charge in [-0.3, -0.25) is 0 Å². The van der Waals surface area contributed by atoms with Crippen LogP contribution in [0.4, 0.5) is 0 Å². The smallest absolute Gasteiger partial charge is 0.0320 e. The molecule has 1 atom stereocenters. The first-order valence-electron chi connectivity index (χ1n) is 9.11. The highest BCUT2D eigenvalue weighted by Gasteiger charge is 2.21. The van der Waals surface area contributed by atoms with E-state index in [0.717, 1.165) is 18.4 Å². The third-order valence-electron chi connectivity index (χ3n) is 5.25. The molecule has 2 rings (SSSR count). The molecule has 1 saturated carbocycles. The summed E-state index contributed by atoms with van der Waals surface area (Å²) in [6, 6.07) is 11.6. The third-order valence-corrected chi connectivity index (χ3v) is 5.25. The van der Waals surface area contributed by atoms with Gasteiger partial charge in [0.1, 0.15) is 0 Å². The van der Waals surface area contributed by atoms with Crippen molar-refractivity contribution in [3.05, 3.63) is 35.9 Å². The van der Waals surface area contributed by atoms with E-state index in [2.05, 4.69) is 49.5 Å². The molecule has 1 heteroatoms. The van der Waals surface area contributed by atoms with Gasteiger partial charge in [0.15, 0.2) is 0 Å². The van der Waals surface area contributed by atoms with Crippen molar-refractivity contribution in [2.75, 3.05) is 6.54 Å². The molecule has 0 amide bonds. The lowest BCUT2D eigenvalue weighted by atomic mass is 9.78. The second-order valence-corrected chi connectivity index (χ2v) is 6.79. The molecular formula is C20H33N. The van der Waals surface area contributed by atoms with Crippen molar-refractivity contribution in [2.45, 2.75) is 71.3 Å². The van der Waals surface area contributed by atoms with Crippen LogP contribution in [-0.2, 0) is 0 Å². The first kappa shape index (κ1) is 16.5. The molecule has 1 aromatic carbocycles. The van der Waals surface area contributed by atoms with E-state index < -0.39 is 0 Å². The third kappa shape index (κ3) is 5.47. The first-order chi connectivity index (χ1) is 10.3. The number of hydrogen-bond acceptors (Lipinski definition) is 1. The lowest BCUT2D eigenvalue weighted by Gasteiger charge is -2.29. The monoisotopic (exact) mass is 287 g/mol. The molecule has 0 aliphatic heterocycles. The van der Waals surface area contributed by atoms with E-state index >= 15 is 0 Å². The summed E-state index contributed by atoms with van der Waals surface area (Å²) in [4.78, 5) is 0. The van der Waals surface area contributed by atoms with Crippen LogP contribution in [0.3, 0.4) is 0 Å². The Kier molecular flexibility index (Phi) is 7.29. The Morgan fingerprint density at radius 3 is 2.29 bits per heavy atom. The van der Waals surface area contributed by atoms with Crippen LogP contribution in [-0.4, -0.2) is 6.54 Å². The van der Waals surface area contributed by atoms with Crippen LogP contribution in [0.1, 0.15) is 76.8 Å². The average Bonchev–Trinajstić information content (AvgIpc) is 2.56. The van der Waals surface area contributed by atoms with E-state index in [9.17, 15) is 0 Å². The molecule has 0 radical (unpaired) electrons. The van der Waals surface area contributed by atoms with E-state index in [4.69, 9.17) is 0 Å². The van der Waals surface area contributed by atoms with Crippen molar-refractivity contribution in [2.24, 2.45) is 11.8 Å². The van der Waals surface area contributed by atoms with E-state index in [1.165, 1.54) is 56.9 Å². The molecule has 1 fully saturated rings. The Hall–Kier alpha value is -0.820. The summed E-state index contributed by atoms with van der Waals surface area (Å²) in [5.74, 6) is 1.99. The maximum absolute atomic E-state index is 3.75. The zero-order valence-electron chi connectivity index (χ0n) is 14.0. The summed E-state index contributed by atoms with van der Waals surface area (Å²) >= 11 is 0. The molecular weight excluding hydrogens is 254 g/mol. The fraction of sp³-hybridized carbons (Fsp3) is 0.700. The minimum Gasteiger partial charge on any atom is -0.310 e. The van der Waals surface area contributed by atoms with Gasteiger partial charge in [0.25, 0.3) is 0 Å². The lowest BCUT2D eigenvalue weighted by Crippen LogP contribution is -2.23. The van der Waals surface area contributed by atoms with Crippen molar-refractivity contribution in [3.8, 4) is 0 Å². The second kappa shape index (κ2) is 9.25. The van der Waals surface area contributed by atoms with Crippen LogP contribution in [0.15, 0.2) is 30.3 Å². The predicted molar refractivity (Wildman–Crippen MR) is 92.4 cm³/mol. The second-order valence-electron chi connectivity index (χ2n) is 6.79. The van der Waals surface area contributed by atoms with Crippen molar-refractivity contribution in [1.29, 1.82) is 0 Å². The minimum absolute atomic E-state index is 0.551. The Balaban J connectivity index is 1.82. The highest BCUT2D eigenvalue weighted by atomic mass is 14.9. The van der Waals surface area contributed by atoms with Gasteiger partial charge in [-0.2, -0.15) is 0 Å². The van der Waals surface area contributed by atoms with E-state index in [1.807, 2.05) is 0 Å². The van der Waals surface area contributed by atoms with Gasteiger partial charge in [-0.15, -0.1) is 0 Å². The van der Waals surface area contributed by atoms with Gasteiger partial charge < -0.3 is 5.32 Å². The number of hydrogen-bond donors (Lipinski definition) is 1. The molecule has 0 aromatic heterocycles. The fourth-order valence-electron chi connectivity index (χ4n) is 3.72. The normalized spacial score (nSPS) is 23.9. The van der Waals surface area contributed by atoms with Gasteiger partial charge in [-0.05, 0) is 43.2 Å². The van der Waals surface area contributed by atoms with Gasteiger partial charge >= 0.3 is 0 Å². The quantitative estimate of drug-likeness (QED) is 0.644. The van der Waals surface area contributed by atoms with E-state index in [-0.39, 0.29) is 0 Å². The fourth-order valence-corrected chi connectivity index (χ4v) is 3.72. The van der Waals surface area contributed by atoms with Gasteiger partial charge in [-0.25, -0.2) is 0 Å². The highest BCUT2D eigenvalue weighted by Crippen LogP contribution is 2.34. The molecule has 0 saturated heterocycles. The zero-order chi connectivity index (χ0) is 14.9. The number of rotatable bonds is 8. The standard InChI is InChI=1S/C20H33N/c1-3-16-21-20(19-8-6-5-7-9-19)15-14-18-12-10-17(4-2)11-13-18/h5-9,17-18,20-21H,3-4,10-16H2,1-2H3. The predicted octanol–water partition coefficient (Wildman–Crippen LogP) is 5.72. The zero-order valence-corrected chi connectivity index (χ0v) is 14.0. The molecule has 118 valence electrons. The summed E-state index contributed by atoms with van der Waals surface area (Å²) in [7, 11) is 0. The van der Waals surface area contributed by atoms with Gasteiger partial charge in [-0.1, -0.05) is 76.3 Å². The largest absolute Gasteiger partial charge is 0.310 e. The van der Waals surface area contributed by atoms with Crippen LogP contribution in [0, 0.1) is 11.8 Å². The molecule has 1 aromatic rings. The summed E-state index contributed by atoms with van der Waals surface area (Å²) < 4.78 is 0. The van der Waals surface area contributed by atoms with Gasteiger partial charge in [0.2, 0.25) is 0 Å². The Labute approximate surface area is 131 Å². The van der Waals surface area contributed by atoms with Crippen molar-refractivity contribution in [3.63, 3.8) is 0 Å². The van der Waals surface area contributed by atoms with Crippen LogP contribution in [0.5, 0.6) is 0 Å². The van der Waals surface area contributed by atoms with Crippen LogP contribution in [0.2, 0.25) is 0 Å². The van der Waals surface area contributed by atoms with E-state index in [1.54, 1.807) is 0 Å². The van der Waals surface area contributed by atoms with Crippen molar-refractivity contribution in [1.82, 2.24) is 5.32 Å². The summed E-state index contributed by atoms with van der Waals surface area (Å²) in [6.45, 7) is 5.73. The Morgan fingerprint density at radius 1 is 1.00 bits per heavy atom. The highest BCUT2D eigenvalue weighted by molar-refractivity contribution is 5.18. The molecule has 1 aliphatic rings. The van der Waals surface area contributed by atoms with Crippen LogP contribution >= 0.6 is 0 Å². The molecule has 0 spiro atoms. The number of nitrogens with one attached hydrogen (secondary N) is 1. The first-order valence-corrected chi connectivity index (χ1v) is 9.11. The SMILES string of the molecule is CCCNC(CCC1CCC(CC)CC1)c1ccccc1. The molecule has 1 nitrogen and oxygen atoms in total. The molecule has 1 aliphatic carbocycles. The summed E-state index contributed by atoms with van der Waals surface area (Å²) in [5.41, 5.74) is 1.47. The molecule has 1 unspecified atom stereocenters. The Bertz CT molecular complexity index is 365. The maximum Gasteiger partial charge on any atom is 0.0320 e. The average molecular weight is 287 g/mol. The molecule has 1 N–H and O–H groups in total. The molecule has 0 heterocycles. The topological polar surface area (TPSA) is 12.0 Å². The van der Waals surface area contributed by atoms with Gasteiger partial charge in [0, 0.05) is 6.04 Å². The maximum atomic E-state index is 3.75. The van der Waals surface area contributed by atoms with Crippen molar-refractivity contribution < 1.29 is 0 Å². The summed E-state index contributed by atoms with van der Waals surface area (Å²) in [5, 5.41) is 3.75. The van der Waals surface area contributed by atoms with Crippen LogP contribution < -0.4 is 5.32 Å². The molecule has 21 heavy (non-hydrogen) atoms. The van der Waals surface area contributed by atoms with E-state index in [0.29, 0.717) is 6.04 Å². The minimum atomic E-state index is 0.551. The Morgan fingerprint density at radius 2 is 1.67 bits per heavy atom. The van der Waals surface area contributed by atoms with Crippen molar-refractivity contribution >= 4 is 0 Å². The summed E-state index contributed by atoms with van der Waals surface area (Å²) in [6.07, 6.45) is 11.2. The number of benzene rings is 1.